The Morgan fingerprint density at radius 3 is 2.82 bits per heavy atom. The number of aryl methyl sites for hydroxylation is 2. The average molecular weight is 157 g/mol. The fourth-order valence-electron chi connectivity index (χ4n) is 1.12. The van der Waals surface area contributed by atoms with Crippen molar-refractivity contribution in [2.75, 3.05) is 6.54 Å². The Morgan fingerprint density at radius 1 is 1.82 bits per heavy atom. The van der Waals surface area contributed by atoms with E-state index < -0.39 is 6.17 Å². The maximum Gasteiger partial charge on any atom is 0.154 e. The van der Waals surface area contributed by atoms with E-state index in [2.05, 4.69) is 5.10 Å². The van der Waals surface area contributed by atoms with Gasteiger partial charge >= 0.3 is 0 Å². The highest BCUT2D eigenvalue weighted by molar-refractivity contribution is 5.18. The van der Waals surface area contributed by atoms with Crippen LogP contribution in [-0.4, -0.2) is 16.3 Å². The van der Waals surface area contributed by atoms with Gasteiger partial charge in [0.15, 0.2) is 6.17 Å². The minimum atomic E-state index is -1.09. The molecule has 11 heavy (non-hydrogen) atoms. The van der Waals surface area contributed by atoms with Crippen molar-refractivity contribution in [3.05, 3.63) is 17.5 Å². The van der Waals surface area contributed by atoms with Crippen LogP contribution in [0.2, 0.25) is 0 Å². The first-order valence-corrected chi connectivity index (χ1v) is 3.49. The largest absolute Gasteiger partial charge is 0.327 e. The number of hydrogen-bond acceptors (Lipinski definition) is 2. The SMILES string of the molecule is Cc1cnn(C)c1C(F)CN. The van der Waals surface area contributed by atoms with E-state index in [-0.39, 0.29) is 6.54 Å². The van der Waals surface area contributed by atoms with Crippen LogP contribution in [0.3, 0.4) is 0 Å². The molecule has 1 aromatic rings. The molecule has 0 amide bonds. The average Bonchev–Trinajstić information content (AvgIpc) is 2.30. The molecule has 1 rings (SSSR count). The van der Waals surface area contributed by atoms with Gasteiger partial charge in [0.05, 0.1) is 11.9 Å². The molecule has 0 saturated carbocycles. The van der Waals surface area contributed by atoms with Crippen LogP contribution >= 0.6 is 0 Å². The number of aromatic nitrogens is 2. The van der Waals surface area contributed by atoms with Gasteiger partial charge in [0.2, 0.25) is 0 Å². The van der Waals surface area contributed by atoms with E-state index in [0.29, 0.717) is 5.69 Å². The van der Waals surface area contributed by atoms with Crippen molar-refractivity contribution in [2.24, 2.45) is 12.8 Å². The van der Waals surface area contributed by atoms with Crippen LogP contribution in [0.1, 0.15) is 17.4 Å². The lowest BCUT2D eigenvalue weighted by atomic mass is 10.2. The summed E-state index contributed by atoms with van der Waals surface area (Å²) in [6, 6.07) is 0. The maximum absolute atomic E-state index is 13.0. The molecule has 3 nitrogen and oxygen atoms in total. The standard InChI is InChI=1S/C7H12FN3/c1-5-4-10-11(2)7(5)6(8)3-9/h4,6H,3,9H2,1-2H3. The molecule has 0 aliphatic heterocycles. The minimum Gasteiger partial charge on any atom is -0.327 e. The third-order valence-electron chi connectivity index (χ3n) is 1.68. The van der Waals surface area contributed by atoms with Crippen molar-refractivity contribution in [2.45, 2.75) is 13.1 Å². The van der Waals surface area contributed by atoms with E-state index in [0.717, 1.165) is 5.56 Å². The summed E-state index contributed by atoms with van der Waals surface area (Å²) in [6.45, 7) is 1.84. The zero-order valence-corrected chi connectivity index (χ0v) is 6.71. The summed E-state index contributed by atoms with van der Waals surface area (Å²) in [4.78, 5) is 0. The Kier molecular flexibility index (Phi) is 2.24. The molecule has 0 radical (unpaired) electrons. The molecular formula is C7H12FN3. The van der Waals surface area contributed by atoms with E-state index >= 15 is 0 Å². The molecule has 1 aromatic heterocycles. The number of hydrogen-bond donors (Lipinski definition) is 1. The lowest BCUT2D eigenvalue weighted by Crippen LogP contribution is -2.12. The van der Waals surface area contributed by atoms with Gasteiger partial charge < -0.3 is 5.73 Å². The predicted octanol–water partition coefficient (Wildman–Crippen LogP) is 0.698. The number of nitrogens with two attached hydrogens (primary N) is 1. The monoisotopic (exact) mass is 157 g/mol. The topological polar surface area (TPSA) is 43.8 Å². The highest BCUT2D eigenvalue weighted by atomic mass is 19.1. The summed E-state index contributed by atoms with van der Waals surface area (Å²) in [5.41, 5.74) is 6.61. The third kappa shape index (κ3) is 1.40. The van der Waals surface area contributed by atoms with Crippen LogP contribution in [0, 0.1) is 6.92 Å². The van der Waals surface area contributed by atoms with Crippen LogP contribution < -0.4 is 5.73 Å². The molecule has 0 fully saturated rings. The second-order valence-electron chi connectivity index (χ2n) is 2.54. The molecular weight excluding hydrogens is 145 g/mol. The van der Waals surface area contributed by atoms with Crippen LogP contribution in [0.25, 0.3) is 0 Å². The highest BCUT2D eigenvalue weighted by Gasteiger charge is 2.14. The first-order valence-electron chi connectivity index (χ1n) is 3.49. The van der Waals surface area contributed by atoms with E-state index in [9.17, 15) is 4.39 Å². The molecule has 0 aromatic carbocycles. The first kappa shape index (κ1) is 8.20. The molecule has 2 N–H and O–H groups in total. The summed E-state index contributed by atoms with van der Waals surface area (Å²) in [5.74, 6) is 0. The van der Waals surface area contributed by atoms with E-state index in [1.165, 1.54) is 4.68 Å². The second-order valence-corrected chi connectivity index (χ2v) is 2.54. The number of nitrogens with zero attached hydrogens (tertiary/aromatic N) is 2. The molecule has 1 atom stereocenters. The molecule has 0 saturated heterocycles. The predicted molar refractivity (Wildman–Crippen MR) is 40.8 cm³/mol. The number of alkyl halides is 1. The molecule has 0 spiro atoms. The molecule has 1 heterocycles. The fraction of sp³-hybridized carbons (Fsp3) is 0.571. The quantitative estimate of drug-likeness (QED) is 0.686. The first-order chi connectivity index (χ1) is 5.16. The van der Waals surface area contributed by atoms with Crippen LogP contribution in [0.5, 0.6) is 0 Å². The normalized spacial score (nSPS) is 13.5. The lowest BCUT2D eigenvalue weighted by Gasteiger charge is -2.06. The second kappa shape index (κ2) is 3.00. The Hall–Kier alpha value is -0.900. The molecule has 0 bridgehead atoms. The van der Waals surface area contributed by atoms with E-state index in [1.807, 2.05) is 6.92 Å². The highest BCUT2D eigenvalue weighted by Crippen LogP contribution is 2.18. The molecule has 0 aliphatic rings. The maximum atomic E-state index is 13.0. The van der Waals surface area contributed by atoms with Gasteiger partial charge in [-0.05, 0) is 12.5 Å². The molecule has 1 unspecified atom stereocenters. The summed E-state index contributed by atoms with van der Waals surface area (Å²) in [5, 5.41) is 3.91. The number of rotatable bonds is 2. The minimum absolute atomic E-state index is 0.0143. The zero-order valence-electron chi connectivity index (χ0n) is 6.71. The zero-order chi connectivity index (χ0) is 8.43. The van der Waals surface area contributed by atoms with Crippen molar-refractivity contribution in [3.8, 4) is 0 Å². The van der Waals surface area contributed by atoms with Crippen molar-refractivity contribution in [1.82, 2.24) is 9.78 Å². The van der Waals surface area contributed by atoms with E-state index in [4.69, 9.17) is 5.73 Å². The van der Waals surface area contributed by atoms with Gasteiger partial charge in [-0.15, -0.1) is 0 Å². The smallest absolute Gasteiger partial charge is 0.154 e. The van der Waals surface area contributed by atoms with Gasteiger partial charge in [-0.3, -0.25) is 4.68 Å². The van der Waals surface area contributed by atoms with Gasteiger partial charge in [0.1, 0.15) is 0 Å². The van der Waals surface area contributed by atoms with Gasteiger partial charge in [-0.25, -0.2) is 4.39 Å². The molecule has 4 heteroatoms. The summed E-state index contributed by atoms with van der Waals surface area (Å²) < 4.78 is 14.6. The van der Waals surface area contributed by atoms with Crippen LogP contribution in [0.4, 0.5) is 4.39 Å². The Morgan fingerprint density at radius 2 is 2.45 bits per heavy atom. The van der Waals surface area contributed by atoms with Crippen molar-refractivity contribution >= 4 is 0 Å². The molecule has 0 aliphatic carbocycles. The van der Waals surface area contributed by atoms with Crippen molar-refractivity contribution in [3.63, 3.8) is 0 Å². The Labute approximate surface area is 65.0 Å². The third-order valence-corrected chi connectivity index (χ3v) is 1.68. The summed E-state index contributed by atoms with van der Waals surface area (Å²) in [7, 11) is 1.71. The van der Waals surface area contributed by atoms with Gasteiger partial charge in [-0.2, -0.15) is 5.10 Å². The number of halogens is 1. The van der Waals surface area contributed by atoms with Crippen LogP contribution in [-0.2, 0) is 7.05 Å². The molecule has 62 valence electrons. The summed E-state index contributed by atoms with van der Waals surface area (Å²) in [6.07, 6.45) is 0.542. The summed E-state index contributed by atoms with van der Waals surface area (Å²) >= 11 is 0. The lowest BCUT2D eigenvalue weighted by molar-refractivity contribution is 0.332. The Bertz CT molecular complexity index is 224. The van der Waals surface area contributed by atoms with Gasteiger partial charge in [-0.1, -0.05) is 0 Å². The van der Waals surface area contributed by atoms with Gasteiger partial charge in [0.25, 0.3) is 0 Å². The van der Waals surface area contributed by atoms with E-state index in [1.54, 1.807) is 13.2 Å². The van der Waals surface area contributed by atoms with Crippen LogP contribution in [0.15, 0.2) is 6.20 Å². The van der Waals surface area contributed by atoms with Crippen molar-refractivity contribution < 1.29 is 4.39 Å². The van der Waals surface area contributed by atoms with Crippen molar-refractivity contribution in [1.29, 1.82) is 0 Å². The van der Waals surface area contributed by atoms with Gasteiger partial charge in [0, 0.05) is 13.6 Å². The fourth-order valence-corrected chi connectivity index (χ4v) is 1.12. The Balaban J connectivity index is 3.00.